The largest absolute Gasteiger partial charge is 0.496 e. The van der Waals surface area contributed by atoms with Gasteiger partial charge in [0.05, 0.1) is 7.11 Å². The Kier molecular flexibility index (Phi) is 3.26. The number of thiophene rings is 1. The number of fused-ring (bicyclic) bond motifs is 1. The zero-order valence-electron chi connectivity index (χ0n) is 11.8. The van der Waals surface area contributed by atoms with Gasteiger partial charge in [-0.2, -0.15) is 0 Å². The first kappa shape index (κ1) is 13.2. The highest BCUT2D eigenvalue weighted by Gasteiger charge is 2.29. The molecule has 3 nitrogen and oxygen atoms in total. The van der Waals surface area contributed by atoms with E-state index >= 15 is 0 Å². The highest BCUT2D eigenvalue weighted by molar-refractivity contribution is 7.10. The summed E-state index contributed by atoms with van der Waals surface area (Å²) in [7, 11) is 1.65. The summed E-state index contributed by atoms with van der Waals surface area (Å²) < 4.78 is 5.35. The number of carbonyl (C=O) groups excluding carboxylic acids is 1. The van der Waals surface area contributed by atoms with E-state index in [1.54, 1.807) is 18.4 Å². The van der Waals surface area contributed by atoms with Crippen LogP contribution < -0.4 is 10.1 Å². The maximum atomic E-state index is 12.0. The van der Waals surface area contributed by atoms with Crippen LogP contribution in [0.1, 0.15) is 33.9 Å². The van der Waals surface area contributed by atoms with E-state index in [0.717, 1.165) is 17.0 Å². The predicted octanol–water partition coefficient (Wildman–Crippen LogP) is 3.85. The number of hydrogen-bond acceptors (Lipinski definition) is 3. The monoisotopic (exact) mass is 287 g/mol. The normalized spacial score (nSPS) is 17.6. The number of anilines is 1. The molecule has 0 radical (unpaired) electrons. The Bertz CT molecular complexity index is 675. The van der Waals surface area contributed by atoms with Crippen LogP contribution in [0.3, 0.4) is 0 Å². The number of rotatable bonds is 2. The molecule has 3 rings (SSSR count). The van der Waals surface area contributed by atoms with Crippen LogP contribution in [0.2, 0.25) is 0 Å². The molecule has 4 heteroatoms. The fourth-order valence-corrected chi connectivity index (χ4v) is 3.85. The number of ether oxygens (including phenoxy) is 1. The minimum atomic E-state index is 0.0706. The summed E-state index contributed by atoms with van der Waals surface area (Å²) in [6.07, 6.45) is 0.514. The van der Waals surface area contributed by atoms with E-state index in [-0.39, 0.29) is 11.8 Å². The lowest BCUT2D eigenvalue weighted by Gasteiger charge is -2.26. The van der Waals surface area contributed by atoms with Crippen LogP contribution in [0.15, 0.2) is 23.6 Å². The number of carbonyl (C=O) groups is 1. The molecule has 20 heavy (non-hydrogen) atoms. The molecule has 2 aromatic rings. The Morgan fingerprint density at radius 2 is 2.10 bits per heavy atom. The maximum Gasteiger partial charge on any atom is 0.225 e. The molecule has 1 aromatic carbocycles. The van der Waals surface area contributed by atoms with Crippen LogP contribution in [0.5, 0.6) is 5.75 Å². The van der Waals surface area contributed by atoms with E-state index < -0.39 is 0 Å². The van der Waals surface area contributed by atoms with Gasteiger partial charge in [0, 0.05) is 29.0 Å². The van der Waals surface area contributed by atoms with Crippen molar-refractivity contribution in [1.29, 1.82) is 0 Å². The number of hydrogen-bond donors (Lipinski definition) is 1. The van der Waals surface area contributed by atoms with E-state index in [2.05, 4.69) is 29.8 Å². The van der Waals surface area contributed by atoms with E-state index in [0.29, 0.717) is 6.42 Å². The summed E-state index contributed by atoms with van der Waals surface area (Å²) >= 11 is 1.73. The van der Waals surface area contributed by atoms with Crippen LogP contribution in [0.25, 0.3) is 0 Å². The van der Waals surface area contributed by atoms with Gasteiger partial charge < -0.3 is 10.1 Å². The lowest BCUT2D eigenvalue weighted by molar-refractivity contribution is -0.116. The number of amides is 1. The fourth-order valence-electron chi connectivity index (χ4n) is 2.80. The van der Waals surface area contributed by atoms with Crippen molar-refractivity contribution >= 4 is 22.9 Å². The van der Waals surface area contributed by atoms with Gasteiger partial charge in [0.2, 0.25) is 5.91 Å². The molecule has 2 heterocycles. The molecular weight excluding hydrogens is 270 g/mol. The Labute approximate surface area is 122 Å². The lowest BCUT2D eigenvalue weighted by Crippen LogP contribution is -2.23. The van der Waals surface area contributed by atoms with Gasteiger partial charge in [-0.3, -0.25) is 4.79 Å². The number of nitrogens with one attached hydrogen (secondary N) is 1. The first-order chi connectivity index (χ1) is 9.60. The second-order valence-corrected chi connectivity index (χ2v) is 6.13. The summed E-state index contributed by atoms with van der Waals surface area (Å²) in [4.78, 5) is 13.3. The highest BCUT2D eigenvalue weighted by Crippen LogP contribution is 2.42. The third-order valence-corrected chi connectivity index (χ3v) is 4.96. The zero-order valence-corrected chi connectivity index (χ0v) is 12.6. The van der Waals surface area contributed by atoms with Gasteiger partial charge in [-0.15, -0.1) is 11.3 Å². The van der Waals surface area contributed by atoms with Crippen LogP contribution in [0, 0.1) is 13.8 Å². The fraction of sp³-hybridized carbons (Fsp3) is 0.312. The SMILES string of the molecule is COc1cc2c(cc1C)[C@H](c1sccc1C)CC(=O)N2. The van der Waals surface area contributed by atoms with Gasteiger partial charge >= 0.3 is 0 Å². The number of aryl methyl sites for hydroxylation is 2. The van der Waals surface area contributed by atoms with Gasteiger partial charge in [-0.1, -0.05) is 0 Å². The molecule has 1 N–H and O–H groups in total. The number of benzene rings is 1. The summed E-state index contributed by atoms with van der Waals surface area (Å²) in [6.45, 7) is 4.14. The maximum absolute atomic E-state index is 12.0. The molecule has 0 saturated heterocycles. The van der Waals surface area contributed by atoms with Gasteiger partial charge in [-0.25, -0.2) is 0 Å². The summed E-state index contributed by atoms with van der Waals surface area (Å²) in [6, 6.07) is 6.18. The van der Waals surface area contributed by atoms with E-state index in [1.165, 1.54) is 16.0 Å². The Morgan fingerprint density at radius 3 is 2.75 bits per heavy atom. The van der Waals surface area contributed by atoms with Gasteiger partial charge in [0.25, 0.3) is 0 Å². The molecule has 1 atom stereocenters. The Balaban J connectivity index is 2.15. The predicted molar refractivity (Wildman–Crippen MR) is 81.9 cm³/mol. The van der Waals surface area contributed by atoms with Crippen molar-refractivity contribution in [3.05, 3.63) is 45.1 Å². The third-order valence-electron chi connectivity index (χ3n) is 3.82. The van der Waals surface area contributed by atoms with Gasteiger partial charge in [0.1, 0.15) is 5.75 Å². The smallest absolute Gasteiger partial charge is 0.225 e. The van der Waals surface area contributed by atoms with Crippen molar-refractivity contribution in [2.24, 2.45) is 0 Å². The minimum Gasteiger partial charge on any atom is -0.496 e. The summed E-state index contributed by atoms with van der Waals surface area (Å²) in [5.41, 5.74) is 4.42. The first-order valence-corrected chi connectivity index (χ1v) is 7.50. The average molecular weight is 287 g/mol. The number of methoxy groups -OCH3 is 1. The van der Waals surface area contributed by atoms with E-state index in [4.69, 9.17) is 4.74 Å². The van der Waals surface area contributed by atoms with Gasteiger partial charge in [0.15, 0.2) is 0 Å². The molecule has 1 aliphatic rings. The van der Waals surface area contributed by atoms with Crippen molar-refractivity contribution in [2.45, 2.75) is 26.2 Å². The molecule has 104 valence electrons. The molecule has 0 bridgehead atoms. The zero-order chi connectivity index (χ0) is 14.3. The molecule has 0 spiro atoms. The molecule has 1 aliphatic heterocycles. The van der Waals surface area contributed by atoms with E-state index in [1.807, 2.05) is 13.0 Å². The summed E-state index contributed by atoms with van der Waals surface area (Å²) in [5, 5.41) is 5.05. The molecule has 0 aliphatic carbocycles. The second kappa shape index (κ2) is 4.94. The molecule has 0 fully saturated rings. The molecular formula is C16H17NO2S. The first-order valence-electron chi connectivity index (χ1n) is 6.62. The van der Waals surface area contributed by atoms with Crippen LogP contribution >= 0.6 is 11.3 Å². The highest BCUT2D eigenvalue weighted by atomic mass is 32.1. The quantitative estimate of drug-likeness (QED) is 0.911. The average Bonchev–Trinajstić information content (AvgIpc) is 2.84. The van der Waals surface area contributed by atoms with Crippen molar-refractivity contribution < 1.29 is 9.53 Å². The molecule has 0 unspecified atom stereocenters. The van der Waals surface area contributed by atoms with Crippen LogP contribution in [-0.4, -0.2) is 13.0 Å². The molecule has 0 saturated carbocycles. The topological polar surface area (TPSA) is 38.3 Å². The molecule has 1 aromatic heterocycles. The van der Waals surface area contributed by atoms with Crippen molar-refractivity contribution in [3.8, 4) is 5.75 Å². The Morgan fingerprint density at radius 1 is 1.30 bits per heavy atom. The van der Waals surface area contributed by atoms with Crippen LogP contribution in [-0.2, 0) is 4.79 Å². The van der Waals surface area contributed by atoms with Crippen molar-refractivity contribution in [1.82, 2.24) is 0 Å². The third kappa shape index (κ3) is 2.10. The van der Waals surface area contributed by atoms with Crippen LogP contribution in [0.4, 0.5) is 5.69 Å². The Hall–Kier alpha value is -1.81. The molecule has 1 amide bonds. The van der Waals surface area contributed by atoms with Crippen molar-refractivity contribution in [3.63, 3.8) is 0 Å². The standard InChI is InChI=1S/C16H17NO2S/c1-9-4-5-20-16(9)12-7-15(18)17-13-8-14(19-3)10(2)6-11(12)13/h4-6,8,12H,7H2,1-3H3,(H,17,18)/t12-/m1/s1. The van der Waals surface area contributed by atoms with E-state index in [9.17, 15) is 4.79 Å². The minimum absolute atomic E-state index is 0.0706. The summed E-state index contributed by atoms with van der Waals surface area (Å²) in [5.74, 6) is 1.04. The van der Waals surface area contributed by atoms with Crippen molar-refractivity contribution in [2.75, 3.05) is 12.4 Å². The van der Waals surface area contributed by atoms with Gasteiger partial charge in [-0.05, 0) is 48.1 Å². The lowest BCUT2D eigenvalue weighted by atomic mass is 9.87. The second-order valence-electron chi connectivity index (χ2n) is 5.18.